The van der Waals surface area contributed by atoms with Crippen molar-refractivity contribution < 1.29 is 9.47 Å². The number of nitrogens with zero attached hydrogens (tertiary/aromatic N) is 2. The predicted molar refractivity (Wildman–Crippen MR) is 67.2 cm³/mol. The van der Waals surface area contributed by atoms with Gasteiger partial charge in [0.25, 0.3) is 0 Å². The van der Waals surface area contributed by atoms with E-state index >= 15 is 0 Å². The Morgan fingerprint density at radius 1 is 1.18 bits per heavy atom. The van der Waals surface area contributed by atoms with Crippen molar-refractivity contribution in [2.45, 2.75) is 26.9 Å². The van der Waals surface area contributed by atoms with E-state index in [2.05, 4.69) is 17.3 Å². The highest BCUT2D eigenvalue weighted by molar-refractivity contribution is 5.24. The van der Waals surface area contributed by atoms with Crippen LogP contribution in [0.25, 0.3) is 0 Å². The van der Waals surface area contributed by atoms with E-state index in [0.717, 1.165) is 31.9 Å². The number of nitrogens with one attached hydrogen (secondary N) is 1. The molecular formula is C12H23N3O2. The maximum Gasteiger partial charge on any atom is 0.0658 e. The summed E-state index contributed by atoms with van der Waals surface area (Å²) in [6.45, 7) is 8.08. The summed E-state index contributed by atoms with van der Waals surface area (Å²) in [5, 5.41) is 7.86. The number of hydrogen-bond donors (Lipinski definition) is 1. The molecule has 0 aliphatic carbocycles. The Kier molecular flexibility index (Phi) is 6.18. The van der Waals surface area contributed by atoms with Crippen LogP contribution in [0, 0.1) is 13.8 Å². The Labute approximate surface area is 103 Å². The molecule has 5 nitrogen and oxygen atoms in total. The first-order chi connectivity index (χ1) is 8.20. The van der Waals surface area contributed by atoms with Crippen LogP contribution in [0.5, 0.6) is 0 Å². The number of methoxy groups -OCH3 is 2. The minimum atomic E-state index is 0.693. The van der Waals surface area contributed by atoms with E-state index in [1.165, 1.54) is 11.3 Å². The summed E-state index contributed by atoms with van der Waals surface area (Å²) in [5.41, 5.74) is 3.57. The fourth-order valence-corrected chi connectivity index (χ4v) is 1.77. The summed E-state index contributed by atoms with van der Waals surface area (Å²) >= 11 is 0. The van der Waals surface area contributed by atoms with Gasteiger partial charge in [-0.3, -0.25) is 4.68 Å². The number of aromatic nitrogens is 2. The molecular weight excluding hydrogens is 218 g/mol. The van der Waals surface area contributed by atoms with Crippen molar-refractivity contribution in [1.82, 2.24) is 15.1 Å². The van der Waals surface area contributed by atoms with Crippen LogP contribution in [0.2, 0.25) is 0 Å². The van der Waals surface area contributed by atoms with Crippen molar-refractivity contribution in [2.24, 2.45) is 0 Å². The van der Waals surface area contributed by atoms with Crippen LogP contribution in [0.3, 0.4) is 0 Å². The molecule has 0 saturated carbocycles. The molecule has 0 saturated heterocycles. The van der Waals surface area contributed by atoms with Crippen LogP contribution in [0.1, 0.15) is 17.0 Å². The van der Waals surface area contributed by atoms with Crippen LogP contribution >= 0.6 is 0 Å². The molecule has 1 aromatic heterocycles. The standard InChI is InChI=1S/C12H23N3O2/c1-10-12(9-13-5-7-16-3)11(2)15(14-10)6-8-17-4/h13H,5-9H2,1-4H3. The Balaban J connectivity index is 2.55. The molecule has 1 N–H and O–H groups in total. The zero-order chi connectivity index (χ0) is 12.7. The molecule has 0 aromatic carbocycles. The first-order valence-corrected chi connectivity index (χ1v) is 5.92. The van der Waals surface area contributed by atoms with Gasteiger partial charge in [-0.05, 0) is 13.8 Å². The molecule has 0 aliphatic heterocycles. The third-order valence-corrected chi connectivity index (χ3v) is 2.82. The number of aryl methyl sites for hydroxylation is 1. The van der Waals surface area contributed by atoms with Gasteiger partial charge in [0.05, 0.1) is 25.5 Å². The second kappa shape index (κ2) is 7.42. The molecule has 98 valence electrons. The summed E-state index contributed by atoms with van der Waals surface area (Å²) in [7, 11) is 3.42. The summed E-state index contributed by atoms with van der Waals surface area (Å²) in [6, 6.07) is 0. The van der Waals surface area contributed by atoms with Gasteiger partial charge in [0.2, 0.25) is 0 Å². The molecule has 17 heavy (non-hydrogen) atoms. The second-order valence-electron chi connectivity index (χ2n) is 4.03. The smallest absolute Gasteiger partial charge is 0.0658 e. The fraction of sp³-hybridized carbons (Fsp3) is 0.750. The van der Waals surface area contributed by atoms with Gasteiger partial charge >= 0.3 is 0 Å². The Morgan fingerprint density at radius 2 is 1.88 bits per heavy atom. The molecule has 0 amide bonds. The van der Waals surface area contributed by atoms with E-state index < -0.39 is 0 Å². The summed E-state index contributed by atoms with van der Waals surface area (Å²) < 4.78 is 12.1. The average Bonchev–Trinajstić information content (AvgIpc) is 2.58. The minimum Gasteiger partial charge on any atom is -0.383 e. The lowest BCUT2D eigenvalue weighted by Gasteiger charge is -2.06. The van der Waals surface area contributed by atoms with Crippen molar-refractivity contribution in [3.63, 3.8) is 0 Å². The highest BCUT2D eigenvalue weighted by Crippen LogP contribution is 2.12. The SMILES string of the molecule is COCCNCc1c(C)nn(CCOC)c1C. The van der Waals surface area contributed by atoms with E-state index in [1.807, 2.05) is 11.6 Å². The Morgan fingerprint density at radius 3 is 2.53 bits per heavy atom. The lowest BCUT2D eigenvalue weighted by Crippen LogP contribution is -2.19. The van der Waals surface area contributed by atoms with E-state index in [0.29, 0.717) is 6.61 Å². The van der Waals surface area contributed by atoms with E-state index in [-0.39, 0.29) is 0 Å². The molecule has 0 atom stereocenters. The third-order valence-electron chi connectivity index (χ3n) is 2.82. The Bertz CT molecular complexity index is 337. The van der Waals surface area contributed by atoms with E-state index in [4.69, 9.17) is 9.47 Å². The van der Waals surface area contributed by atoms with Crippen molar-refractivity contribution in [2.75, 3.05) is 34.0 Å². The number of ether oxygens (including phenoxy) is 2. The maximum atomic E-state index is 5.07. The zero-order valence-electron chi connectivity index (χ0n) is 11.2. The van der Waals surface area contributed by atoms with Gasteiger partial charge in [-0.2, -0.15) is 5.10 Å². The molecule has 1 aromatic rings. The first kappa shape index (κ1) is 14.2. The maximum absolute atomic E-state index is 5.07. The van der Waals surface area contributed by atoms with Gasteiger partial charge in [0, 0.05) is 38.6 Å². The van der Waals surface area contributed by atoms with Gasteiger partial charge in [-0.1, -0.05) is 0 Å². The van der Waals surface area contributed by atoms with Gasteiger partial charge in [-0.15, -0.1) is 0 Å². The van der Waals surface area contributed by atoms with Crippen molar-refractivity contribution in [3.05, 3.63) is 17.0 Å². The van der Waals surface area contributed by atoms with Gasteiger partial charge in [-0.25, -0.2) is 0 Å². The van der Waals surface area contributed by atoms with Gasteiger partial charge in [0.15, 0.2) is 0 Å². The molecule has 0 bridgehead atoms. The highest BCUT2D eigenvalue weighted by Gasteiger charge is 2.10. The van der Waals surface area contributed by atoms with Crippen molar-refractivity contribution in [3.8, 4) is 0 Å². The van der Waals surface area contributed by atoms with Crippen LogP contribution in [0.4, 0.5) is 0 Å². The molecule has 5 heteroatoms. The van der Waals surface area contributed by atoms with Crippen LogP contribution in [-0.4, -0.2) is 43.8 Å². The molecule has 1 heterocycles. The molecule has 0 spiro atoms. The van der Waals surface area contributed by atoms with Crippen molar-refractivity contribution in [1.29, 1.82) is 0 Å². The molecule has 0 radical (unpaired) electrons. The zero-order valence-corrected chi connectivity index (χ0v) is 11.2. The molecule has 0 aliphatic rings. The monoisotopic (exact) mass is 241 g/mol. The second-order valence-corrected chi connectivity index (χ2v) is 4.03. The first-order valence-electron chi connectivity index (χ1n) is 5.92. The van der Waals surface area contributed by atoms with E-state index in [9.17, 15) is 0 Å². The lowest BCUT2D eigenvalue weighted by atomic mass is 10.2. The van der Waals surface area contributed by atoms with Gasteiger partial charge < -0.3 is 14.8 Å². The van der Waals surface area contributed by atoms with Crippen LogP contribution in [-0.2, 0) is 22.6 Å². The molecule has 0 unspecified atom stereocenters. The van der Waals surface area contributed by atoms with Crippen LogP contribution in [0.15, 0.2) is 0 Å². The Hall–Kier alpha value is -0.910. The lowest BCUT2D eigenvalue weighted by molar-refractivity contribution is 0.182. The normalized spacial score (nSPS) is 11.1. The largest absolute Gasteiger partial charge is 0.383 e. The number of rotatable bonds is 8. The fourth-order valence-electron chi connectivity index (χ4n) is 1.77. The topological polar surface area (TPSA) is 48.3 Å². The summed E-state index contributed by atoms with van der Waals surface area (Å²) in [4.78, 5) is 0. The van der Waals surface area contributed by atoms with Crippen LogP contribution < -0.4 is 5.32 Å². The third kappa shape index (κ3) is 4.11. The quantitative estimate of drug-likeness (QED) is 0.686. The average molecular weight is 241 g/mol. The summed E-state index contributed by atoms with van der Waals surface area (Å²) in [5.74, 6) is 0. The van der Waals surface area contributed by atoms with Gasteiger partial charge in [0.1, 0.15) is 0 Å². The van der Waals surface area contributed by atoms with E-state index in [1.54, 1.807) is 14.2 Å². The predicted octanol–water partition coefficient (Wildman–Crippen LogP) is 0.882. The van der Waals surface area contributed by atoms with Crippen molar-refractivity contribution >= 4 is 0 Å². The molecule has 0 fully saturated rings. The highest BCUT2D eigenvalue weighted by atomic mass is 16.5. The minimum absolute atomic E-state index is 0.693. The molecule has 1 rings (SSSR count). The number of hydrogen-bond acceptors (Lipinski definition) is 4. The summed E-state index contributed by atoms with van der Waals surface area (Å²) in [6.07, 6.45) is 0.